The molecule has 0 aromatic heterocycles. The fraction of sp³-hybridized carbons (Fsp3) is 0.571. The van der Waals surface area contributed by atoms with E-state index in [2.05, 4.69) is 57.3 Å². The minimum absolute atomic E-state index is 0.0238. The van der Waals surface area contributed by atoms with E-state index in [-0.39, 0.29) is 5.54 Å². The highest BCUT2D eigenvalue weighted by molar-refractivity contribution is 5.27. The van der Waals surface area contributed by atoms with Gasteiger partial charge in [0.05, 0.1) is 6.61 Å². The highest BCUT2D eigenvalue weighted by atomic mass is 16.5. The number of hydrogen-bond donors (Lipinski definition) is 1. The molecule has 0 saturated heterocycles. The normalized spacial score (nSPS) is 13.8. The van der Waals surface area contributed by atoms with Gasteiger partial charge in [-0.05, 0) is 33.3 Å². The topological polar surface area (TPSA) is 21.3 Å². The Morgan fingerprint density at radius 3 is 2.62 bits per heavy atom. The Hall–Kier alpha value is -0.860. The molecule has 0 aliphatic rings. The zero-order valence-corrected chi connectivity index (χ0v) is 11.0. The molecule has 0 saturated carbocycles. The standard InChI is InChI=1S/C14H23NO/c1-11-7-6-8-13(9-11)14(3,4)15-12(2)10-16-5/h6-9,12,15H,10H2,1-5H3. The lowest BCUT2D eigenvalue weighted by Crippen LogP contribution is -2.44. The molecule has 0 aliphatic carbocycles. The summed E-state index contributed by atoms with van der Waals surface area (Å²) in [5.41, 5.74) is 2.59. The van der Waals surface area contributed by atoms with E-state index in [4.69, 9.17) is 4.74 Å². The summed E-state index contributed by atoms with van der Waals surface area (Å²) in [7, 11) is 1.73. The summed E-state index contributed by atoms with van der Waals surface area (Å²) in [6, 6.07) is 8.97. The van der Waals surface area contributed by atoms with Crippen LogP contribution in [0.5, 0.6) is 0 Å². The summed E-state index contributed by atoms with van der Waals surface area (Å²) in [5.74, 6) is 0. The van der Waals surface area contributed by atoms with Gasteiger partial charge in [0.15, 0.2) is 0 Å². The maximum atomic E-state index is 5.15. The minimum atomic E-state index is -0.0238. The van der Waals surface area contributed by atoms with Crippen LogP contribution < -0.4 is 5.32 Å². The highest BCUT2D eigenvalue weighted by Crippen LogP contribution is 2.21. The van der Waals surface area contributed by atoms with Gasteiger partial charge in [0.1, 0.15) is 0 Å². The van der Waals surface area contributed by atoms with Gasteiger partial charge in [0, 0.05) is 18.7 Å². The van der Waals surface area contributed by atoms with Crippen LogP contribution in [0.15, 0.2) is 24.3 Å². The van der Waals surface area contributed by atoms with Crippen molar-refractivity contribution in [2.24, 2.45) is 0 Å². The third kappa shape index (κ3) is 3.62. The van der Waals surface area contributed by atoms with E-state index in [9.17, 15) is 0 Å². The van der Waals surface area contributed by atoms with E-state index in [0.717, 1.165) is 6.61 Å². The molecule has 1 aromatic rings. The Kier molecular flexibility index (Phi) is 4.51. The zero-order chi connectivity index (χ0) is 12.2. The van der Waals surface area contributed by atoms with Gasteiger partial charge in [-0.25, -0.2) is 0 Å². The maximum absolute atomic E-state index is 5.15. The van der Waals surface area contributed by atoms with Crippen LogP contribution in [-0.2, 0) is 10.3 Å². The molecule has 2 heteroatoms. The Morgan fingerprint density at radius 2 is 2.06 bits per heavy atom. The number of aryl methyl sites for hydroxylation is 1. The van der Waals surface area contributed by atoms with Crippen molar-refractivity contribution in [3.05, 3.63) is 35.4 Å². The number of nitrogens with one attached hydrogen (secondary N) is 1. The van der Waals surface area contributed by atoms with Crippen LogP contribution in [0.1, 0.15) is 31.9 Å². The molecule has 1 aromatic carbocycles. The van der Waals surface area contributed by atoms with E-state index in [1.807, 2.05) is 0 Å². The molecular weight excluding hydrogens is 198 g/mol. The van der Waals surface area contributed by atoms with Crippen molar-refractivity contribution in [2.45, 2.75) is 39.3 Å². The van der Waals surface area contributed by atoms with Gasteiger partial charge in [-0.1, -0.05) is 29.8 Å². The van der Waals surface area contributed by atoms with Crippen molar-refractivity contribution in [1.29, 1.82) is 0 Å². The van der Waals surface area contributed by atoms with Crippen molar-refractivity contribution in [3.63, 3.8) is 0 Å². The molecule has 2 nitrogen and oxygen atoms in total. The van der Waals surface area contributed by atoms with Gasteiger partial charge in [-0.3, -0.25) is 0 Å². The molecule has 0 radical (unpaired) electrons. The summed E-state index contributed by atoms with van der Waals surface area (Å²) < 4.78 is 5.15. The van der Waals surface area contributed by atoms with Crippen LogP contribution in [0.25, 0.3) is 0 Å². The Balaban J connectivity index is 2.76. The van der Waals surface area contributed by atoms with Crippen LogP contribution in [-0.4, -0.2) is 19.8 Å². The number of methoxy groups -OCH3 is 1. The van der Waals surface area contributed by atoms with Crippen LogP contribution in [0.3, 0.4) is 0 Å². The second kappa shape index (κ2) is 5.46. The average Bonchev–Trinajstić information content (AvgIpc) is 2.17. The maximum Gasteiger partial charge on any atom is 0.0613 e. The van der Waals surface area contributed by atoms with Gasteiger partial charge in [-0.2, -0.15) is 0 Å². The molecule has 0 aliphatic heterocycles. The van der Waals surface area contributed by atoms with Gasteiger partial charge >= 0.3 is 0 Å². The third-order valence-corrected chi connectivity index (χ3v) is 2.76. The van der Waals surface area contributed by atoms with E-state index >= 15 is 0 Å². The number of benzene rings is 1. The Labute approximate surface area is 99.0 Å². The molecular formula is C14H23NO. The number of rotatable bonds is 5. The van der Waals surface area contributed by atoms with Crippen LogP contribution in [0.2, 0.25) is 0 Å². The zero-order valence-electron chi connectivity index (χ0n) is 11.0. The molecule has 1 atom stereocenters. The molecule has 1 N–H and O–H groups in total. The second-order valence-electron chi connectivity index (χ2n) is 5.00. The molecule has 0 heterocycles. The van der Waals surface area contributed by atoms with E-state index in [1.54, 1.807) is 7.11 Å². The van der Waals surface area contributed by atoms with Crippen LogP contribution in [0, 0.1) is 6.92 Å². The first-order chi connectivity index (χ1) is 7.45. The molecule has 0 spiro atoms. The number of hydrogen-bond acceptors (Lipinski definition) is 2. The summed E-state index contributed by atoms with van der Waals surface area (Å²) in [6.45, 7) is 9.40. The van der Waals surface area contributed by atoms with E-state index < -0.39 is 0 Å². The van der Waals surface area contributed by atoms with Crippen molar-refractivity contribution in [3.8, 4) is 0 Å². The average molecular weight is 221 g/mol. The molecule has 1 unspecified atom stereocenters. The van der Waals surface area contributed by atoms with Crippen molar-refractivity contribution in [1.82, 2.24) is 5.32 Å². The lowest BCUT2D eigenvalue weighted by Gasteiger charge is -2.31. The number of ether oxygens (including phenoxy) is 1. The fourth-order valence-corrected chi connectivity index (χ4v) is 2.02. The van der Waals surface area contributed by atoms with Crippen molar-refractivity contribution in [2.75, 3.05) is 13.7 Å². The highest BCUT2D eigenvalue weighted by Gasteiger charge is 2.22. The first-order valence-corrected chi connectivity index (χ1v) is 5.79. The fourth-order valence-electron chi connectivity index (χ4n) is 2.02. The summed E-state index contributed by atoms with van der Waals surface area (Å²) in [6.07, 6.45) is 0. The quantitative estimate of drug-likeness (QED) is 0.825. The van der Waals surface area contributed by atoms with E-state index in [0.29, 0.717) is 6.04 Å². The van der Waals surface area contributed by atoms with E-state index in [1.165, 1.54) is 11.1 Å². The predicted octanol–water partition coefficient (Wildman–Crippen LogP) is 2.85. The predicted molar refractivity (Wildman–Crippen MR) is 68.7 cm³/mol. The molecule has 16 heavy (non-hydrogen) atoms. The third-order valence-electron chi connectivity index (χ3n) is 2.76. The molecule has 0 fully saturated rings. The smallest absolute Gasteiger partial charge is 0.0613 e. The van der Waals surface area contributed by atoms with Gasteiger partial charge in [-0.15, -0.1) is 0 Å². The largest absolute Gasteiger partial charge is 0.383 e. The monoisotopic (exact) mass is 221 g/mol. The van der Waals surface area contributed by atoms with Gasteiger partial charge in [0.2, 0.25) is 0 Å². The molecule has 1 rings (SSSR count). The molecule has 90 valence electrons. The minimum Gasteiger partial charge on any atom is -0.383 e. The summed E-state index contributed by atoms with van der Waals surface area (Å²) in [4.78, 5) is 0. The van der Waals surface area contributed by atoms with Crippen molar-refractivity contribution < 1.29 is 4.74 Å². The lowest BCUT2D eigenvalue weighted by molar-refractivity contribution is 0.156. The lowest BCUT2D eigenvalue weighted by atomic mass is 9.92. The second-order valence-corrected chi connectivity index (χ2v) is 5.00. The molecule has 0 amide bonds. The van der Waals surface area contributed by atoms with Crippen molar-refractivity contribution >= 4 is 0 Å². The first kappa shape index (κ1) is 13.2. The summed E-state index contributed by atoms with van der Waals surface area (Å²) >= 11 is 0. The molecule has 0 bridgehead atoms. The van der Waals surface area contributed by atoms with Crippen LogP contribution >= 0.6 is 0 Å². The Bertz CT molecular complexity index is 333. The summed E-state index contributed by atoms with van der Waals surface area (Å²) in [5, 5.41) is 3.58. The van der Waals surface area contributed by atoms with Crippen LogP contribution in [0.4, 0.5) is 0 Å². The first-order valence-electron chi connectivity index (χ1n) is 5.79. The SMILES string of the molecule is COCC(C)NC(C)(C)c1cccc(C)c1. The van der Waals surface area contributed by atoms with Gasteiger partial charge in [0.25, 0.3) is 0 Å². The Morgan fingerprint density at radius 1 is 1.38 bits per heavy atom. The van der Waals surface area contributed by atoms with Gasteiger partial charge < -0.3 is 10.1 Å².